The number of alkyl halides is 3. The first kappa shape index (κ1) is 26.0. The van der Waals surface area contributed by atoms with E-state index in [9.17, 15) is 22.8 Å². The van der Waals surface area contributed by atoms with E-state index in [1.807, 2.05) is 32.0 Å². The summed E-state index contributed by atoms with van der Waals surface area (Å²) in [5.74, 6) is -0.687. The van der Waals surface area contributed by atoms with Crippen molar-refractivity contribution in [1.29, 1.82) is 0 Å². The molecule has 3 aromatic rings. The summed E-state index contributed by atoms with van der Waals surface area (Å²) < 4.78 is 44.1. The number of amides is 2. The van der Waals surface area contributed by atoms with Crippen molar-refractivity contribution in [2.75, 3.05) is 7.11 Å². The summed E-state index contributed by atoms with van der Waals surface area (Å²) in [5, 5.41) is 9.04. The van der Waals surface area contributed by atoms with Crippen LogP contribution in [0.25, 0.3) is 0 Å². The molecule has 0 fully saturated rings. The van der Waals surface area contributed by atoms with Gasteiger partial charge in [-0.25, -0.2) is 9.80 Å². The Kier molecular flexibility index (Phi) is 8.00. The van der Waals surface area contributed by atoms with E-state index < -0.39 is 23.7 Å². The Bertz CT molecular complexity index is 1250. The Hall–Kier alpha value is -3.60. The van der Waals surface area contributed by atoms with E-state index in [1.54, 1.807) is 6.92 Å². The molecule has 0 aliphatic rings. The highest BCUT2D eigenvalue weighted by molar-refractivity contribution is 7.99. The second kappa shape index (κ2) is 10.8. The van der Waals surface area contributed by atoms with Crippen LogP contribution in [0.1, 0.15) is 38.3 Å². The topological polar surface area (TPSA) is 84.4 Å². The molecule has 2 aromatic carbocycles. The number of aryl methyl sites for hydroxylation is 3. The van der Waals surface area contributed by atoms with E-state index in [2.05, 4.69) is 15.6 Å². The number of methoxy groups -OCH3 is 1. The summed E-state index contributed by atoms with van der Waals surface area (Å²) in [7, 11) is 1.19. The van der Waals surface area contributed by atoms with Gasteiger partial charge in [0.25, 0.3) is 5.91 Å². The Labute approximate surface area is 204 Å². The summed E-state index contributed by atoms with van der Waals surface area (Å²) in [6.07, 6.45) is -5.30. The van der Waals surface area contributed by atoms with Crippen molar-refractivity contribution in [3.05, 3.63) is 82.0 Å². The molecule has 2 amide bonds. The first-order valence-electron chi connectivity index (χ1n) is 10.4. The molecule has 3 rings (SSSR count). The number of ether oxygens (including phenoxy) is 1. The van der Waals surface area contributed by atoms with Crippen molar-refractivity contribution in [1.82, 2.24) is 20.6 Å². The second-order valence-electron chi connectivity index (χ2n) is 7.76. The lowest BCUT2D eigenvalue weighted by atomic mass is 10.1. The zero-order valence-corrected chi connectivity index (χ0v) is 20.3. The molecule has 1 heterocycles. The predicted octanol–water partition coefficient (Wildman–Crippen LogP) is 5.49. The van der Waals surface area contributed by atoms with Gasteiger partial charge in [-0.3, -0.25) is 10.2 Å². The quantitative estimate of drug-likeness (QED) is 0.463. The standard InChI is InChI=1S/C24H23F3N4O3S/c1-14-8-9-17(15(2)10-14)13-31(23(33)34-4)30-21(32)20-11-16(3)28-29-22(20)35-19-7-5-6-18(12-19)24(25,26)27/h5-12H,13H2,1-4H3,(H,30,32). The van der Waals surface area contributed by atoms with E-state index in [0.717, 1.165) is 45.6 Å². The van der Waals surface area contributed by atoms with Crippen LogP contribution >= 0.6 is 11.8 Å². The number of aromatic nitrogens is 2. The number of hydrazine groups is 1. The van der Waals surface area contributed by atoms with Crippen molar-refractivity contribution in [2.24, 2.45) is 0 Å². The minimum Gasteiger partial charge on any atom is -0.452 e. The lowest BCUT2D eigenvalue weighted by Crippen LogP contribution is -2.46. The Balaban J connectivity index is 1.88. The molecule has 184 valence electrons. The predicted molar refractivity (Wildman–Crippen MR) is 124 cm³/mol. The molecular weight excluding hydrogens is 481 g/mol. The molecule has 7 nitrogen and oxygen atoms in total. The normalized spacial score (nSPS) is 11.2. The zero-order chi connectivity index (χ0) is 25.8. The molecule has 0 spiro atoms. The number of hydrogen-bond acceptors (Lipinski definition) is 6. The van der Waals surface area contributed by atoms with Gasteiger partial charge in [-0.1, -0.05) is 41.6 Å². The van der Waals surface area contributed by atoms with Crippen LogP contribution in [0, 0.1) is 20.8 Å². The number of carbonyl (C=O) groups excluding carboxylic acids is 2. The Morgan fingerprint density at radius 3 is 2.46 bits per heavy atom. The minimum atomic E-state index is -4.51. The molecule has 0 aliphatic carbocycles. The molecule has 1 N–H and O–H groups in total. The first-order chi connectivity index (χ1) is 16.5. The van der Waals surface area contributed by atoms with Crippen LogP contribution in [0.3, 0.4) is 0 Å². The maximum atomic E-state index is 13.2. The first-order valence-corrected chi connectivity index (χ1v) is 11.2. The van der Waals surface area contributed by atoms with Crippen molar-refractivity contribution in [3.8, 4) is 0 Å². The number of hydrogen-bond donors (Lipinski definition) is 1. The van der Waals surface area contributed by atoms with Crippen molar-refractivity contribution < 1.29 is 27.5 Å². The average molecular weight is 505 g/mol. The van der Waals surface area contributed by atoms with E-state index in [-0.39, 0.29) is 22.0 Å². The van der Waals surface area contributed by atoms with Gasteiger partial charge in [0.15, 0.2) is 0 Å². The van der Waals surface area contributed by atoms with Gasteiger partial charge in [-0.05, 0) is 56.2 Å². The summed E-state index contributed by atoms with van der Waals surface area (Å²) in [6.45, 7) is 5.49. The fourth-order valence-electron chi connectivity index (χ4n) is 3.20. The van der Waals surface area contributed by atoms with Crippen LogP contribution in [-0.4, -0.2) is 34.3 Å². The number of benzene rings is 2. The third kappa shape index (κ3) is 6.72. The monoisotopic (exact) mass is 504 g/mol. The maximum absolute atomic E-state index is 13.2. The number of nitrogens with one attached hydrogen (secondary N) is 1. The molecule has 1 aromatic heterocycles. The number of halogens is 3. The summed E-state index contributed by atoms with van der Waals surface area (Å²) >= 11 is 0.862. The van der Waals surface area contributed by atoms with Gasteiger partial charge in [-0.2, -0.15) is 18.3 Å². The highest BCUT2D eigenvalue weighted by Crippen LogP contribution is 2.34. The molecule has 35 heavy (non-hydrogen) atoms. The molecule has 0 atom stereocenters. The molecule has 11 heteroatoms. The smallest absolute Gasteiger partial charge is 0.428 e. The van der Waals surface area contributed by atoms with Crippen molar-refractivity contribution in [3.63, 3.8) is 0 Å². The van der Waals surface area contributed by atoms with Gasteiger partial charge in [0.1, 0.15) is 5.03 Å². The minimum absolute atomic E-state index is 0.0398. The van der Waals surface area contributed by atoms with E-state index in [0.29, 0.717) is 5.69 Å². The Morgan fingerprint density at radius 2 is 1.80 bits per heavy atom. The third-order valence-electron chi connectivity index (χ3n) is 4.96. The van der Waals surface area contributed by atoms with Gasteiger partial charge >= 0.3 is 12.3 Å². The van der Waals surface area contributed by atoms with Crippen LogP contribution in [0.5, 0.6) is 0 Å². The molecule has 0 aliphatic heterocycles. The molecule has 0 radical (unpaired) electrons. The fraction of sp³-hybridized carbons (Fsp3) is 0.250. The highest BCUT2D eigenvalue weighted by Gasteiger charge is 2.30. The van der Waals surface area contributed by atoms with Crippen LogP contribution in [0.2, 0.25) is 0 Å². The molecule has 0 unspecified atom stereocenters. The SMILES string of the molecule is COC(=O)N(Cc1ccc(C)cc1C)NC(=O)c1cc(C)nnc1Sc1cccc(C(F)(F)F)c1. The van der Waals surface area contributed by atoms with Gasteiger partial charge in [-0.15, -0.1) is 5.10 Å². The van der Waals surface area contributed by atoms with Crippen LogP contribution in [0.15, 0.2) is 58.5 Å². The van der Waals surface area contributed by atoms with Crippen LogP contribution in [-0.2, 0) is 17.5 Å². The van der Waals surface area contributed by atoms with Gasteiger partial charge < -0.3 is 4.74 Å². The van der Waals surface area contributed by atoms with E-state index in [4.69, 9.17) is 4.74 Å². The largest absolute Gasteiger partial charge is 0.452 e. The van der Waals surface area contributed by atoms with Crippen molar-refractivity contribution >= 4 is 23.8 Å². The number of nitrogens with zero attached hydrogens (tertiary/aromatic N) is 3. The maximum Gasteiger partial charge on any atom is 0.428 e. The van der Waals surface area contributed by atoms with Gasteiger partial charge in [0, 0.05) is 4.90 Å². The third-order valence-corrected chi connectivity index (χ3v) is 5.95. The lowest BCUT2D eigenvalue weighted by molar-refractivity contribution is -0.137. The highest BCUT2D eigenvalue weighted by atomic mass is 32.2. The lowest BCUT2D eigenvalue weighted by Gasteiger charge is -2.23. The van der Waals surface area contributed by atoms with Crippen LogP contribution < -0.4 is 5.43 Å². The summed E-state index contributed by atoms with van der Waals surface area (Å²) in [5.41, 5.74) is 4.94. The van der Waals surface area contributed by atoms with Crippen molar-refractivity contribution in [2.45, 2.75) is 43.4 Å². The molecule has 0 saturated heterocycles. The Morgan fingerprint density at radius 1 is 1.06 bits per heavy atom. The number of carbonyl (C=O) groups is 2. The van der Waals surface area contributed by atoms with E-state index in [1.165, 1.54) is 25.3 Å². The van der Waals surface area contributed by atoms with Gasteiger partial charge in [0.05, 0.1) is 30.5 Å². The zero-order valence-electron chi connectivity index (χ0n) is 19.4. The molecule has 0 saturated carbocycles. The summed E-state index contributed by atoms with van der Waals surface area (Å²) in [4.78, 5) is 25.8. The molecular formula is C24H23F3N4O3S. The fourth-order valence-corrected chi connectivity index (χ4v) is 4.10. The second-order valence-corrected chi connectivity index (χ2v) is 8.82. The van der Waals surface area contributed by atoms with E-state index >= 15 is 0 Å². The van der Waals surface area contributed by atoms with Gasteiger partial charge in [0.2, 0.25) is 0 Å². The summed E-state index contributed by atoms with van der Waals surface area (Å²) in [6, 6.07) is 11.8. The number of rotatable bonds is 5. The van der Waals surface area contributed by atoms with Crippen LogP contribution in [0.4, 0.5) is 18.0 Å². The average Bonchev–Trinajstić information content (AvgIpc) is 2.80. The molecule has 0 bridgehead atoms.